The van der Waals surface area contributed by atoms with E-state index in [1.165, 1.54) is 4.90 Å². The van der Waals surface area contributed by atoms with Gasteiger partial charge in [0.05, 0.1) is 6.04 Å². The van der Waals surface area contributed by atoms with Gasteiger partial charge in [-0.05, 0) is 37.0 Å². The third-order valence-corrected chi connectivity index (χ3v) is 4.36. The van der Waals surface area contributed by atoms with Gasteiger partial charge in [-0.25, -0.2) is 14.7 Å². The summed E-state index contributed by atoms with van der Waals surface area (Å²) in [4.78, 5) is 39.0. The van der Waals surface area contributed by atoms with E-state index in [1.807, 2.05) is 43.3 Å². The highest BCUT2D eigenvalue weighted by Crippen LogP contribution is 2.19. The van der Waals surface area contributed by atoms with Crippen molar-refractivity contribution in [3.8, 4) is 0 Å². The first-order valence-electron chi connectivity index (χ1n) is 9.05. The van der Waals surface area contributed by atoms with Gasteiger partial charge in [-0.15, -0.1) is 0 Å². The summed E-state index contributed by atoms with van der Waals surface area (Å²) in [6.07, 6.45) is 3.51. The Hall–Kier alpha value is -2.73. The molecule has 0 bridgehead atoms. The van der Waals surface area contributed by atoms with Crippen molar-refractivity contribution in [2.24, 2.45) is 0 Å². The van der Waals surface area contributed by atoms with Gasteiger partial charge < -0.3 is 9.53 Å². The number of cyclic esters (lactones) is 1. The van der Waals surface area contributed by atoms with Gasteiger partial charge in [-0.2, -0.15) is 0 Å². The number of imide groups is 1. The van der Waals surface area contributed by atoms with Crippen LogP contribution in [0.5, 0.6) is 0 Å². The summed E-state index contributed by atoms with van der Waals surface area (Å²) in [5.41, 5.74) is 2.19. The van der Waals surface area contributed by atoms with Crippen molar-refractivity contribution in [3.05, 3.63) is 64.9 Å². The highest BCUT2D eigenvalue weighted by atomic mass is 35.5. The summed E-state index contributed by atoms with van der Waals surface area (Å²) in [7, 11) is 0. The van der Waals surface area contributed by atoms with Crippen LogP contribution in [0.15, 0.2) is 48.7 Å². The number of nitrogens with zero attached hydrogens (tertiary/aromatic N) is 2. The Morgan fingerprint density at radius 2 is 2.04 bits per heavy atom. The zero-order chi connectivity index (χ0) is 20.4. The molecular weight excluding hydrogens is 380 g/mol. The molecule has 1 fully saturated rings. The van der Waals surface area contributed by atoms with Crippen LogP contribution in [0.4, 0.5) is 4.79 Å². The fraction of sp³-hybridized carbons (Fsp3) is 0.333. The zero-order valence-corrected chi connectivity index (χ0v) is 16.5. The number of benzene rings is 1. The van der Waals surface area contributed by atoms with E-state index in [4.69, 9.17) is 16.3 Å². The van der Waals surface area contributed by atoms with E-state index in [9.17, 15) is 14.4 Å². The van der Waals surface area contributed by atoms with E-state index in [0.717, 1.165) is 17.4 Å². The molecule has 0 unspecified atom stereocenters. The van der Waals surface area contributed by atoms with Crippen molar-refractivity contribution in [1.82, 2.24) is 9.88 Å². The summed E-state index contributed by atoms with van der Waals surface area (Å²) in [5, 5.41) is 0.551. The summed E-state index contributed by atoms with van der Waals surface area (Å²) >= 11 is 5.50. The zero-order valence-electron chi connectivity index (χ0n) is 15.7. The molecule has 2 amide bonds. The highest BCUT2D eigenvalue weighted by Gasteiger charge is 2.37. The van der Waals surface area contributed by atoms with Crippen LogP contribution in [0.25, 0.3) is 0 Å². The molecule has 1 aliphatic rings. The molecule has 1 aromatic heterocycles. The normalized spacial score (nSPS) is 15.4. The number of carbonyl (C=O) groups excluding carboxylic acids is 3. The molecule has 0 saturated carbocycles. The minimum atomic E-state index is -0.581. The number of amides is 2. The van der Waals surface area contributed by atoms with Crippen molar-refractivity contribution in [2.45, 2.75) is 38.6 Å². The van der Waals surface area contributed by atoms with E-state index >= 15 is 0 Å². The summed E-state index contributed by atoms with van der Waals surface area (Å²) in [6.45, 7) is 2.20. The Morgan fingerprint density at radius 3 is 2.64 bits per heavy atom. The number of halogens is 1. The lowest BCUT2D eigenvalue weighted by Crippen LogP contribution is -2.40. The Labute approximate surface area is 169 Å². The van der Waals surface area contributed by atoms with Gasteiger partial charge in [0.15, 0.2) is 0 Å². The molecule has 6 nitrogen and oxygen atoms in total. The standard InChI is InChI=1S/C15H17NO4.C6H6ClN/c17-9-5-4-8-14(18)16-13(11-20-15(16)19)10-12-6-2-1-3-7-12;1-5-2-3-6(7)8-4-5/h1-3,6-7,9,13H,4-5,8,10-11H2;2-4H,1H3/t13-;/m1./s1. The summed E-state index contributed by atoms with van der Waals surface area (Å²) in [5.74, 6) is -0.268. The molecule has 1 aliphatic heterocycles. The number of rotatable bonds is 6. The fourth-order valence-corrected chi connectivity index (χ4v) is 2.82. The SMILES string of the molecule is Cc1ccc(Cl)nc1.O=CCCCC(=O)N1C(=O)OC[C@H]1Cc1ccccc1. The number of aryl methyl sites for hydroxylation is 1. The third kappa shape index (κ3) is 6.78. The molecule has 1 saturated heterocycles. The van der Waals surface area contributed by atoms with Gasteiger partial charge in [0, 0.05) is 19.0 Å². The first-order valence-corrected chi connectivity index (χ1v) is 9.43. The summed E-state index contributed by atoms with van der Waals surface area (Å²) in [6, 6.07) is 13.1. The topological polar surface area (TPSA) is 76.6 Å². The van der Waals surface area contributed by atoms with Crippen molar-refractivity contribution < 1.29 is 19.1 Å². The van der Waals surface area contributed by atoms with Crippen LogP contribution < -0.4 is 0 Å². The van der Waals surface area contributed by atoms with Crippen molar-refractivity contribution in [3.63, 3.8) is 0 Å². The number of carbonyl (C=O) groups is 3. The average molecular weight is 403 g/mol. The number of pyridine rings is 1. The second-order valence-corrected chi connectivity index (χ2v) is 6.79. The van der Waals surface area contributed by atoms with Crippen molar-refractivity contribution in [1.29, 1.82) is 0 Å². The average Bonchev–Trinajstić information content (AvgIpc) is 3.06. The van der Waals surface area contributed by atoms with Gasteiger partial charge in [0.25, 0.3) is 0 Å². The molecular formula is C21H23ClN2O4. The lowest BCUT2D eigenvalue weighted by Gasteiger charge is -2.19. The number of unbranched alkanes of at least 4 members (excludes halogenated alkanes) is 1. The molecule has 3 rings (SSSR count). The predicted octanol–water partition coefficient (Wildman–Crippen LogP) is 3.99. The maximum absolute atomic E-state index is 12.0. The molecule has 0 N–H and O–H groups in total. The Balaban J connectivity index is 0.000000292. The van der Waals surface area contributed by atoms with Gasteiger partial charge in [0.2, 0.25) is 5.91 Å². The number of aromatic nitrogens is 1. The minimum absolute atomic E-state index is 0.194. The van der Waals surface area contributed by atoms with Crippen molar-refractivity contribution in [2.75, 3.05) is 6.61 Å². The van der Waals surface area contributed by atoms with Crippen LogP contribution >= 0.6 is 11.6 Å². The van der Waals surface area contributed by atoms with Crippen molar-refractivity contribution >= 4 is 29.9 Å². The Kier molecular flexibility index (Phi) is 8.62. The second kappa shape index (κ2) is 11.2. The first-order chi connectivity index (χ1) is 13.5. The largest absolute Gasteiger partial charge is 0.447 e. The smallest absolute Gasteiger partial charge is 0.416 e. The van der Waals surface area contributed by atoms with E-state index in [-0.39, 0.29) is 25.0 Å². The lowest BCUT2D eigenvalue weighted by molar-refractivity contribution is -0.129. The maximum Gasteiger partial charge on any atom is 0.416 e. The minimum Gasteiger partial charge on any atom is -0.447 e. The molecule has 2 heterocycles. The fourth-order valence-electron chi connectivity index (χ4n) is 2.71. The molecule has 28 heavy (non-hydrogen) atoms. The highest BCUT2D eigenvalue weighted by molar-refractivity contribution is 6.29. The first kappa shape index (κ1) is 21.6. The van der Waals surface area contributed by atoms with Gasteiger partial charge >= 0.3 is 6.09 Å². The van der Waals surface area contributed by atoms with Gasteiger partial charge in [-0.3, -0.25) is 4.79 Å². The monoisotopic (exact) mass is 402 g/mol. The number of ether oxygens (including phenoxy) is 1. The molecule has 1 aromatic carbocycles. The van der Waals surface area contributed by atoms with Crippen LogP contribution in [0.1, 0.15) is 30.4 Å². The molecule has 0 radical (unpaired) electrons. The van der Waals surface area contributed by atoms with Gasteiger partial charge in [0.1, 0.15) is 18.0 Å². The maximum atomic E-state index is 12.0. The predicted molar refractivity (Wildman–Crippen MR) is 106 cm³/mol. The van der Waals surface area contributed by atoms with Crippen LogP contribution in [0.2, 0.25) is 5.15 Å². The van der Waals surface area contributed by atoms with Crippen LogP contribution in [-0.2, 0) is 20.7 Å². The molecule has 7 heteroatoms. The van der Waals surface area contributed by atoms with Crippen LogP contribution in [0, 0.1) is 6.92 Å². The number of hydrogen-bond donors (Lipinski definition) is 0. The van der Waals surface area contributed by atoms with Gasteiger partial charge in [-0.1, -0.05) is 48.0 Å². The van der Waals surface area contributed by atoms with E-state index in [0.29, 0.717) is 24.4 Å². The Bertz CT molecular complexity index is 760. The molecule has 1 atom stereocenters. The number of hydrogen-bond acceptors (Lipinski definition) is 5. The van der Waals surface area contributed by atoms with E-state index < -0.39 is 6.09 Å². The second-order valence-electron chi connectivity index (χ2n) is 6.40. The number of aldehydes is 1. The van der Waals surface area contributed by atoms with Crippen LogP contribution in [-0.4, -0.2) is 40.8 Å². The Morgan fingerprint density at radius 1 is 1.29 bits per heavy atom. The lowest BCUT2D eigenvalue weighted by atomic mass is 10.1. The summed E-state index contributed by atoms with van der Waals surface area (Å²) < 4.78 is 4.97. The molecule has 148 valence electrons. The van der Waals surface area contributed by atoms with Crippen LogP contribution in [0.3, 0.4) is 0 Å². The van der Waals surface area contributed by atoms with E-state index in [1.54, 1.807) is 12.3 Å². The molecule has 2 aromatic rings. The van der Waals surface area contributed by atoms with E-state index in [2.05, 4.69) is 4.98 Å². The molecule has 0 spiro atoms. The third-order valence-electron chi connectivity index (χ3n) is 4.13. The quantitative estimate of drug-likeness (QED) is 0.415. The molecule has 0 aliphatic carbocycles.